The maximum Gasteiger partial charge on any atom is 0.254 e. The highest BCUT2D eigenvalue weighted by Crippen LogP contribution is 2.20. The highest BCUT2D eigenvalue weighted by molar-refractivity contribution is 5.96. The summed E-state index contributed by atoms with van der Waals surface area (Å²) in [5, 5.41) is 0. The van der Waals surface area contributed by atoms with Gasteiger partial charge < -0.3 is 19.0 Å². The van der Waals surface area contributed by atoms with Gasteiger partial charge in [-0.1, -0.05) is 18.2 Å². The van der Waals surface area contributed by atoms with Crippen LogP contribution in [0.1, 0.15) is 20.7 Å². The van der Waals surface area contributed by atoms with E-state index in [1.165, 1.54) is 6.39 Å². The van der Waals surface area contributed by atoms with Crippen LogP contribution in [0.2, 0.25) is 0 Å². The van der Waals surface area contributed by atoms with Crippen LogP contribution in [0.25, 0.3) is 11.3 Å². The molecule has 1 fully saturated rings. The normalized spacial score (nSPS) is 14.0. The molecule has 0 aliphatic carbocycles. The SMILES string of the molecule is COc1cccc(C(=O)N2CCN(C(=O)c3ccc(-c4cnco4)cc3)CC2)c1. The maximum atomic E-state index is 12.8. The minimum Gasteiger partial charge on any atom is -0.497 e. The van der Waals surface area contributed by atoms with Gasteiger partial charge in [0.05, 0.1) is 13.3 Å². The monoisotopic (exact) mass is 391 g/mol. The first kappa shape index (κ1) is 18.7. The molecular weight excluding hydrogens is 370 g/mol. The molecule has 3 aromatic rings. The molecule has 0 atom stereocenters. The van der Waals surface area contributed by atoms with Gasteiger partial charge in [-0.2, -0.15) is 0 Å². The Hall–Kier alpha value is -3.61. The van der Waals surface area contributed by atoms with Crippen molar-refractivity contribution in [1.82, 2.24) is 14.8 Å². The Morgan fingerprint density at radius 3 is 2.17 bits per heavy atom. The van der Waals surface area contributed by atoms with Crippen LogP contribution >= 0.6 is 0 Å². The Bertz CT molecular complexity index is 991. The molecule has 0 radical (unpaired) electrons. The molecule has 2 heterocycles. The van der Waals surface area contributed by atoms with Gasteiger partial charge in [0.2, 0.25) is 0 Å². The van der Waals surface area contributed by atoms with Gasteiger partial charge in [-0.3, -0.25) is 9.59 Å². The minimum atomic E-state index is -0.0487. The zero-order valence-electron chi connectivity index (χ0n) is 16.1. The van der Waals surface area contributed by atoms with Gasteiger partial charge >= 0.3 is 0 Å². The fourth-order valence-electron chi connectivity index (χ4n) is 3.37. The molecule has 2 aromatic carbocycles. The molecule has 2 amide bonds. The largest absolute Gasteiger partial charge is 0.497 e. The van der Waals surface area contributed by atoms with E-state index in [1.54, 1.807) is 59.5 Å². The van der Waals surface area contributed by atoms with Crippen LogP contribution in [-0.2, 0) is 0 Å². The Kier molecular flexibility index (Phi) is 5.29. The molecule has 1 aromatic heterocycles. The number of hydrogen-bond acceptors (Lipinski definition) is 5. The Morgan fingerprint density at radius 2 is 1.59 bits per heavy atom. The second-order valence-corrected chi connectivity index (χ2v) is 6.76. The van der Waals surface area contributed by atoms with Gasteiger partial charge in [-0.05, 0) is 30.3 Å². The predicted octanol–water partition coefficient (Wildman–Crippen LogP) is 2.95. The number of carbonyl (C=O) groups is 2. The highest BCUT2D eigenvalue weighted by atomic mass is 16.5. The van der Waals surface area contributed by atoms with E-state index in [0.717, 1.165) is 5.56 Å². The molecule has 29 heavy (non-hydrogen) atoms. The lowest BCUT2D eigenvalue weighted by atomic mass is 10.1. The van der Waals surface area contributed by atoms with E-state index in [2.05, 4.69) is 4.98 Å². The fraction of sp³-hybridized carbons (Fsp3) is 0.227. The Balaban J connectivity index is 1.37. The van der Waals surface area contributed by atoms with Gasteiger partial charge in [0, 0.05) is 42.9 Å². The number of ether oxygens (including phenoxy) is 1. The van der Waals surface area contributed by atoms with Gasteiger partial charge in [-0.15, -0.1) is 0 Å². The third-order valence-corrected chi connectivity index (χ3v) is 5.02. The van der Waals surface area contributed by atoms with Gasteiger partial charge in [0.1, 0.15) is 5.75 Å². The number of oxazole rings is 1. The Morgan fingerprint density at radius 1 is 0.931 bits per heavy atom. The van der Waals surface area contributed by atoms with Crippen molar-refractivity contribution < 1.29 is 18.7 Å². The number of benzene rings is 2. The lowest BCUT2D eigenvalue weighted by Gasteiger charge is -2.35. The summed E-state index contributed by atoms with van der Waals surface area (Å²) in [4.78, 5) is 33.0. The molecule has 7 heteroatoms. The van der Waals surface area contributed by atoms with Crippen LogP contribution in [0.3, 0.4) is 0 Å². The summed E-state index contributed by atoms with van der Waals surface area (Å²) < 4.78 is 10.5. The molecule has 4 rings (SSSR count). The van der Waals surface area contributed by atoms with Crippen molar-refractivity contribution in [2.24, 2.45) is 0 Å². The summed E-state index contributed by atoms with van der Waals surface area (Å²) >= 11 is 0. The maximum absolute atomic E-state index is 12.8. The summed E-state index contributed by atoms with van der Waals surface area (Å²) in [6.45, 7) is 1.99. The average Bonchev–Trinajstić information content (AvgIpc) is 3.33. The standard InChI is InChI=1S/C22H21N3O4/c1-28-19-4-2-3-18(13-19)22(27)25-11-9-24(10-12-25)21(26)17-7-5-16(6-8-17)20-14-23-15-29-20/h2-8,13-15H,9-12H2,1H3. The first-order chi connectivity index (χ1) is 14.2. The molecule has 0 spiro atoms. The molecule has 1 aliphatic rings. The highest BCUT2D eigenvalue weighted by Gasteiger charge is 2.25. The number of piperazine rings is 1. The van der Waals surface area contributed by atoms with Crippen LogP contribution in [0.5, 0.6) is 5.75 Å². The van der Waals surface area contributed by atoms with Crippen LogP contribution in [0.15, 0.2) is 65.5 Å². The zero-order chi connectivity index (χ0) is 20.2. The molecule has 148 valence electrons. The molecule has 0 unspecified atom stereocenters. The van der Waals surface area contributed by atoms with Crippen molar-refractivity contribution in [3.05, 3.63) is 72.2 Å². The fourth-order valence-corrected chi connectivity index (χ4v) is 3.37. The van der Waals surface area contributed by atoms with E-state index < -0.39 is 0 Å². The number of methoxy groups -OCH3 is 1. The summed E-state index contributed by atoms with van der Waals surface area (Å²) in [6, 6.07) is 14.4. The number of hydrogen-bond donors (Lipinski definition) is 0. The van der Waals surface area contributed by atoms with Crippen molar-refractivity contribution >= 4 is 11.8 Å². The molecule has 7 nitrogen and oxygen atoms in total. The van der Waals surface area contributed by atoms with Gasteiger partial charge in [0.15, 0.2) is 12.2 Å². The van der Waals surface area contributed by atoms with E-state index in [0.29, 0.717) is 48.8 Å². The summed E-state index contributed by atoms with van der Waals surface area (Å²) in [5.41, 5.74) is 2.07. The quantitative estimate of drug-likeness (QED) is 0.684. The van der Waals surface area contributed by atoms with Crippen molar-refractivity contribution in [3.8, 4) is 17.1 Å². The first-order valence-corrected chi connectivity index (χ1v) is 9.37. The predicted molar refractivity (Wildman–Crippen MR) is 107 cm³/mol. The number of rotatable bonds is 4. The van der Waals surface area contributed by atoms with Crippen molar-refractivity contribution in [2.45, 2.75) is 0 Å². The van der Waals surface area contributed by atoms with E-state index in [-0.39, 0.29) is 11.8 Å². The number of carbonyl (C=O) groups excluding carboxylic acids is 2. The first-order valence-electron chi connectivity index (χ1n) is 9.37. The number of aromatic nitrogens is 1. The summed E-state index contributed by atoms with van der Waals surface area (Å²) in [6.07, 6.45) is 3.01. The molecular formula is C22H21N3O4. The molecule has 1 saturated heterocycles. The second-order valence-electron chi connectivity index (χ2n) is 6.76. The van der Waals surface area contributed by atoms with Crippen molar-refractivity contribution in [2.75, 3.05) is 33.3 Å². The van der Waals surface area contributed by atoms with Crippen LogP contribution in [-0.4, -0.2) is 59.9 Å². The molecule has 0 saturated carbocycles. The van der Waals surface area contributed by atoms with E-state index in [9.17, 15) is 9.59 Å². The lowest BCUT2D eigenvalue weighted by molar-refractivity contribution is 0.0535. The van der Waals surface area contributed by atoms with Gasteiger partial charge in [0.25, 0.3) is 11.8 Å². The van der Waals surface area contributed by atoms with E-state index >= 15 is 0 Å². The zero-order valence-corrected chi connectivity index (χ0v) is 16.1. The number of nitrogens with zero attached hydrogens (tertiary/aromatic N) is 3. The lowest BCUT2D eigenvalue weighted by Crippen LogP contribution is -2.50. The third-order valence-electron chi connectivity index (χ3n) is 5.02. The molecule has 0 bridgehead atoms. The summed E-state index contributed by atoms with van der Waals surface area (Å²) in [5.74, 6) is 1.22. The smallest absolute Gasteiger partial charge is 0.254 e. The summed E-state index contributed by atoms with van der Waals surface area (Å²) in [7, 11) is 1.58. The number of amides is 2. The van der Waals surface area contributed by atoms with Crippen LogP contribution < -0.4 is 4.74 Å². The van der Waals surface area contributed by atoms with Crippen molar-refractivity contribution in [3.63, 3.8) is 0 Å². The topological polar surface area (TPSA) is 75.9 Å². The van der Waals surface area contributed by atoms with E-state index in [4.69, 9.17) is 9.15 Å². The second kappa shape index (κ2) is 8.18. The minimum absolute atomic E-state index is 0.0393. The third kappa shape index (κ3) is 3.99. The average molecular weight is 391 g/mol. The van der Waals surface area contributed by atoms with Crippen molar-refractivity contribution in [1.29, 1.82) is 0 Å². The van der Waals surface area contributed by atoms with Crippen LogP contribution in [0.4, 0.5) is 0 Å². The Labute approximate surface area is 168 Å². The molecule has 0 N–H and O–H groups in total. The molecule has 1 aliphatic heterocycles. The van der Waals surface area contributed by atoms with Gasteiger partial charge in [-0.25, -0.2) is 4.98 Å². The van der Waals surface area contributed by atoms with Crippen LogP contribution in [0, 0.1) is 0 Å². The van der Waals surface area contributed by atoms with E-state index in [1.807, 2.05) is 12.1 Å².